The van der Waals surface area contributed by atoms with E-state index in [4.69, 9.17) is 9.47 Å². The van der Waals surface area contributed by atoms with Gasteiger partial charge in [-0.15, -0.1) is 0 Å². The maximum Gasteiger partial charge on any atom is 0.203 e. The van der Waals surface area contributed by atoms with Gasteiger partial charge in [0.05, 0.1) is 13.2 Å². The van der Waals surface area contributed by atoms with Crippen LogP contribution in [0.25, 0.3) is 0 Å². The summed E-state index contributed by atoms with van der Waals surface area (Å²) < 4.78 is 23.2. The van der Waals surface area contributed by atoms with Crippen molar-refractivity contribution in [1.82, 2.24) is 0 Å². The Morgan fingerprint density at radius 2 is 2.14 bits per heavy atom. The molecule has 76 valence electrons. The van der Waals surface area contributed by atoms with Gasteiger partial charge in [0, 0.05) is 12.1 Å². The first-order chi connectivity index (χ1) is 6.70. The first kappa shape index (κ1) is 9.12. The fraction of sp³-hybridized carbons (Fsp3) is 0.400. The van der Waals surface area contributed by atoms with E-state index in [0.717, 1.165) is 18.9 Å². The molecule has 1 saturated carbocycles. The number of hydrogen-bond donors (Lipinski definition) is 1. The Labute approximate surface area is 81.1 Å². The van der Waals surface area contributed by atoms with Crippen molar-refractivity contribution >= 4 is 0 Å². The second-order valence-corrected chi connectivity index (χ2v) is 3.27. The zero-order valence-corrected chi connectivity index (χ0v) is 7.79. The molecule has 1 fully saturated rings. The summed E-state index contributed by atoms with van der Waals surface area (Å²) in [6.45, 7) is 0. The minimum absolute atomic E-state index is 0.139. The van der Waals surface area contributed by atoms with Crippen molar-refractivity contribution in [2.45, 2.75) is 18.9 Å². The Morgan fingerprint density at radius 1 is 1.43 bits per heavy atom. The third-order valence-corrected chi connectivity index (χ3v) is 2.03. The summed E-state index contributed by atoms with van der Waals surface area (Å²) in [4.78, 5) is 0. The van der Waals surface area contributed by atoms with Crippen LogP contribution in [0.1, 0.15) is 12.8 Å². The van der Waals surface area contributed by atoms with E-state index < -0.39 is 5.82 Å². The zero-order chi connectivity index (χ0) is 10.1. The molecule has 0 aliphatic heterocycles. The van der Waals surface area contributed by atoms with Crippen molar-refractivity contribution in [3.8, 4) is 17.2 Å². The number of phenols is 1. The molecule has 0 atom stereocenters. The summed E-state index contributed by atoms with van der Waals surface area (Å²) in [5.74, 6) is -0.290. The lowest BCUT2D eigenvalue weighted by atomic mass is 10.3. The van der Waals surface area contributed by atoms with Crippen LogP contribution in [-0.2, 0) is 0 Å². The zero-order valence-electron chi connectivity index (χ0n) is 7.79. The number of rotatable bonds is 3. The first-order valence-corrected chi connectivity index (χ1v) is 4.44. The molecule has 0 unspecified atom stereocenters. The molecule has 2 rings (SSSR count). The van der Waals surface area contributed by atoms with Gasteiger partial charge < -0.3 is 14.6 Å². The normalized spacial score (nSPS) is 15.3. The Morgan fingerprint density at radius 3 is 2.71 bits per heavy atom. The van der Waals surface area contributed by atoms with E-state index in [-0.39, 0.29) is 23.4 Å². The maximum absolute atomic E-state index is 12.9. The SMILES string of the molecule is COc1cc(F)cc(O)c1OC1CC1. The standard InChI is InChI=1S/C10H11FO3/c1-13-9-5-6(11)4-8(12)10(9)14-7-2-3-7/h4-5,7,12H,2-3H2,1H3. The van der Waals surface area contributed by atoms with Crippen LogP contribution in [0.4, 0.5) is 4.39 Å². The highest BCUT2D eigenvalue weighted by Gasteiger charge is 2.26. The van der Waals surface area contributed by atoms with Gasteiger partial charge in [-0.3, -0.25) is 0 Å². The van der Waals surface area contributed by atoms with Gasteiger partial charge in [0.2, 0.25) is 5.75 Å². The number of hydrogen-bond acceptors (Lipinski definition) is 3. The predicted octanol–water partition coefficient (Wildman–Crippen LogP) is 2.08. The van der Waals surface area contributed by atoms with Gasteiger partial charge in [-0.1, -0.05) is 0 Å². The van der Waals surface area contributed by atoms with Gasteiger partial charge in [0.1, 0.15) is 5.82 Å². The average molecular weight is 198 g/mol. The van der Waals surface area contributed by atoms with Crippen LogP contribution in [0.5, 0.6) is 17.2 Å². The number of halogens is 1. The van der Waals surface area contributed by atoms with Crippen LogP contribution >= 0.6 is 0 Å². The summed E-state index contributed by atoms with van der Waals surface area (Å²) in [7, 11) is 1.41. The monoisotopic (exact) mass is 198 g/mol. The fourth-order valence-electron chi connectivity index (χ4n) is 1.18. The highest BCUT2D eigenvalue weighted by atomic mass is 19.1. The molecule has 1 N–H and O–H groups in total. The largest absolute Gasteiger partial charge is 0.504 e. The predicted molar refractivity (Wildman–Crippen MR) is 48.3 cm³/mol. The van der Waals surface area contributed by atoms with Crippen molar-refractivity contribution in [1.29, 1.82) is 0 Å². The minimum atomic E-state index is -0.539. The van der Waals surface area contributed by atoms with Crippen molar-refractivity contribution in [2.24, 2.45) is 0 Å². The average Bonchev–Trinajstić information content (AvgIpc) is 2.93. The second kappa shape index (κ2) is 3.36. The summed E-state index contributed by atoms with van der Waals surface area (Å²) in [6, 6.07) is 2.21. The van der Waals surface area contributed by atoms with Gasteiger partial charge in [0.15, 0.2) is 11.5 Å². The first-order valence-electron chi connectivity index (χ1n) is 4.44. The molecular weight excluding hydrogens is 187 g/mol. The van der Waals surface area contributed by atoms with Crippen LogP contribution in [0.15, 0.2) is 12.1 Å². The molecule has 0 spiro atoms. The van der Waals surface area contributed by atoms with E-state index in [9.17, 15) is 9.50 Å². The summed E-state index contributed by atoms with van der Waals surface area (Å²) in [6.07, 6.45) is 2.08. The molecule has 3 nitrogen and oxygen atoms in total. The van der Waals surface area contributed by atoms with Crippen LogP contribution < -0.4 is 9.47 Å². The molecule has 1 aromatic carbocycles. The van der Waals surface area contributed by atoms with E-state index in [1.807, 2.05) is 0 Å². The smallest absolute Gasteiger partial charge is 0.203 e. The van der Waals surface area contributed by atoms with Crippen LogP contribution in [0, 0.1) is 5.82 Å². The van der Waals surface area contributed by atoms with Crippen molar-refractivity contribution in [3.63, 3.8) is 0 Å². The number of phenolic OH excluding ortho intramolecular Hbond substituents is 1. The Hall–Kier alpha value is -1.45. The molecule has 0 saturated heterocycles. The quantitative estimate of drug-likeness (QED) is 0.808. The minimum Gasteiger partial charge on any atom is -0.504 e. The lowest BCUT2D eigenvalue weighted by Gasteiger charge is -2.11. The molecule has 14 heavy (non-hydrogen) atoms. The topological polar surface area (TPSA) is 38.7 Å². The van der Waals surface area contributed by atoms with Gasteiger partial charge in [-0.25, -0.2) is 4.39 Å². The molecule has 1 aliphatic rings. The van der Waals surface area contributed by atoms with E-state index >= 15 is 0 Å². The van der Waals surface area contributed by atoms with Gasteiger partial charge >= 0.3 is 0 Å². The molecule has 4 heteroatoms. The Balaban J connectivity index is 2.33. The van der Waals surface area contributed by atoms with Crippen molar-refractivity contribution in [3.05, 3.63) is 17.9 Å². The van der Waals surface area contributed by atoms with E-state index in [0.29, 0.717) is 0 Å². The number of benzene rings is 1. The van der Waals surface area contributed by atoms with Crippen LogP contribution in [-0.4, -0.2) is 18.3 Å². The second-order valence-electron chi connectivity index (χ2n) is 3.27. The van der Waals surface area contributed by atoms with Crippen molar-refractivity contribution in [2.75, 3.05) is 7.11 Å². The third kappa shape index (κ3) is 1.73. The summed E-state index contributed by atoms with van der Waals surface area (Å²) >= 11 is 0. The van der Waals surface area contributed by atoms with E-state index in [1.54, 1.807) is 0 Å². The Kier molecular flexibility index (Phi) is 2.19. The summed E-state index contributed by atoms with van der Waals surface area (Å²) in [5, 5.41) is 9.43. The number of aromatic hydroxyl groups is 1. The molecule has 0 bridgehead atoms. The molecule has 0 aromatic heterocycles. The third-order valence-electron chi connectivity index (χ3n) is 2.03. The highest BCUT2D eigenvalue weighted by molar-refractivity contribution is 5.51. The van der Waals surface area contributed by atoms with Crippen LogP contribution in [0.3, 0.4) is 0 Å². The lowest BCUT2D eigenvalue weighted by molar-refractivity contribution is 0.265. The van der Waals surface area contributed by atoms with Gasteiger partial charge in [-0.2, -0.15) is 0 Å². The molecule has 1 aliphatic carbocycles. The molecule has 1 aromatic rings. The molecule has 0 amide bonds. The fourth-order valence-corrected chi connectivity index (χ4v) is 1.18. The molecule has 0 heterocycles. The number of ether oxygens (including phenoxy) is 2. The van der Waals surface area contributed by atoms with Gasteiger partial charge in [0.25, 0.3) is 0 Å². The van der Waals surface area contributed by atoms with Crippen LogP contribution in [0.2, 0.25) is 0 Å². The summed E-state index contributed by atoms with van der Waals surface area (Å²) in [5.41, 5.74) is 0. The maximum atomic E-state index is 12.9. The molecular formula is C10H11FO3. The van der Waals surface area contributed by atoms with Gasteiger partial charge in [-0.05, 0) is 12.8 Å². The van der Waals surface area contributed by atoms with Crippen molar-refractivity contribution < 1.29 is 19.0 Å². The number of methoxy groups -OCH3 is 1. The Bertz CT molecular complexity index is 347. The molecule has 0 radical (unpaired) electrons. The highest BCUT2D eigenvalue weighted by Crippen LogP contribution is 2.40. The lowest BCUT2D eigenvalue weighted by Crippen LogP contribution is -1.99. The van der Waals surface area contributed by atoms with E-state index in [1.165, 1.54) is 13.2 Å². The van der Waals surface area contributed by atoms with E-state index in [2.05, 4.69) is 0 Å².